The van der Waals surface area contributed by atoms with E-state index in [0.717, 1.165) is 11.1 Å². The Morgan fingerprint density at radius 1 is 1.20 bits per heavy atom. The van der Waals surface area contributed by atoms with Crippen LogP contribution < -0.4 is 0 Å². The Morgan fingerprint density at radius 3 is 2.70 bits per heavy atom. The standard InChI is InChI=1S/C16H12FNO2/c1-9-3-2-4-10(7-9)14-12-8-11(17)5-6-13(12)18-15(14)16(19)20/h2-8,18H,1H3,(H,19,20). The zero-order valence-corrected chi connectivity index (χ0v) is 10.8. The first-order valence-corrected chi connectivity index (χ1v) is 6.18. The Morgan fingerprint density at radius 2 is 2.00 bits per heavy atom. The van der Waals surface area contributed by atoms with Gasteiger partial charge in [-0.1, -0.05) is 29.8 Å². The van der Waals surface area contributed by atoms with E-state index in [2.05, 4.69) is 4.98 Å². The summed E-state index contributed by atoms with van der Waals surface area (Å²) >= 11 is 0. The first-order chi connectivity index (χ1) is 9.56. The first kappa shape index (κ1) is 12.4. The normalized spacial score (nSPS) is 10.9. The molecular formula is C16H12FNO2. The van der Waals surface area contributed by atoms with Gasteiger partial charge in [-0.25, -0.2) is 9.18 Å². The Labute approximate surface area is 114 Å². The van der Waals surface area contributed by atoms with Crippen molar-refractivity contribution in [1.82, 2.24) is 4.98 Å². The van der Waals surface area contributed by atoms with Gasteiger partial charge in [0.05, 0.1) is 0 Å². The quantitative estimate of drug-likeness (QED) is 0.739. The maximum atomic E-state index is 13.5. The summed E-state index contributed by atoms with van der Waals surface area (Å²) < 4.78 is 13.5. The number of aromatic nitrogens is 1. The van der Waals surface area contributed by atoms with Gasteiger partial charge < -0.3 is 10.1 Å². The zero-order valence-electron chi connectivity index (χ0n) is 10.8. The van der Waals surface area contributed by atoms with Crippen LogP contribution in [0.4, 0.5) is 4.39 Å². The molecule has 3 rings (SSSR count). The number of carboxylic acids is 1. The molecule has 4 heteroatoms. The highest BCUT2D eigenvalue weighted by atomic mass is 19.1. The monoisotopic (exact) mass is 269 g/mol. The molecule has 1 aromatic heterocycles. The second-order valence-electron chi connectivity index (χ2n) is 4.74. The van der Waals surface area contributed by atoms with Gasteiger partial charge in [0.25, 0.3) is 0 Å². The van der Waals surface area contributed by atoms with Crippen LogP contribution in [0.5, 0.6) is 0 Å². The van der Waals surface area contributed by atoms with Gasteiger partial charge in [-0.3, -0.25) is 0 Å². The van der Waals surface area contributed by atoms with Crippen LogP contribution >= 0.6 is 0 Å². The number of aromatic amines is 1. The molecule has 3 aromatic rings. The summed E-state index contributed by atoms with van der Waals surface area (Å²) in [5, 5.41) is 9.92. The van der Waals surface area contributed by atoms with Crippen LogP contribution in [-0.4, -0.2) is 16.1 Å². The van der Waals surface area contributed by atoms with Crippen LogP contribution in [0.25, 0.3) is 22.0 Å². The number of hydrogen-bond donors (Lipinski definition) is 2. The summed E-state index contributed by atoms with van der Waals surface area (Å²) in [6.07, 6.45) is 0. The summed E-state index contributed by atoms with van der Waals surface area (Å²) in [4.78, 5) is 14.3. The molecule has 3 nitrogen and oxygen atoms in total. The zero-order chi connectivity index (χ0) is 14.3. The SMILES string of the molecule is Cc1cccc(-c2c(C(=O)O)[nH]c3ccc(F)cc23)c1. The third-order valence-electron chi connectivity index (χ3n) is 3.28. The molecule has 100 valence electrons. The number of hydrogen-bond acceptors (Lipinski definition) is 1. The van der Waals surface area contributed by atoms with Crippen molar-refractivity contribution in [2.45, 2.75) is 6.92 Å². The number of nitrogens with one attached hydrogen (secondary N) is 1. The molecule has 2 aromatic carbocycles. The third-order valence-corrected chi connectivity index (χ3v) is 3.28. The predicted octanol–water partition coefficient (Wildman–Crippen LogP) is 3.98. The molecule has 0 atom stereocenters. The Hall–Kier alpha value is -2.62. The average Bonchev–Trinajstić information content (AvgIpc) is 2.77. The molecule has 0 amide bonds. The molecule has 0 spiro atoms. The molecule has 0 fully saturated rings. The van der Waals surface area contributed by atoms with E-state index < -0.39 is 5.97 Å². The van der Waals surface area contributed by atoms with Crippen molar-refractivity contribution in [2.24, 2.45) is 0 Å². The number of H-pyrrole nitrogens is 1. The number of halogens is 1. The second kappa shape index (κ2) is 4.49. The van der Waals surface area contributed by atoms with Crippen LogP contribution in [0.1, 0.15) is 16.1 Å². The third kappa shape index (κ3) is 1.95. The molecule has 0 bridgehead atoms. The summed E-state index contributed by atoms with van der Waals surface area (Å²) in [6, 6.07) is 11.7. The van der Waals surface area contributed by atoms with Gasteiger partial charge in [0.2, 0.25) is 0 Å². The van der Waals surface area contributed by atoms with Crippen molar-refractivity contribution < 1.29 is 14.3 Å². The van der Waals surface area contributed by atoms with Crippen molar-refractivity contribution in [3.8, 4) is 11.1 Å². The maximum Gasteiger partial charge on any atom is 0.352 e. The number of fused-ring (bicyclic) bond motifs is 1. The first-order valence-electron chi connectivity index (χ1n) is 6.18. The Kier molecular flexibility index (Phi) is 2.79. The van der Waals surface area contributed by atoms with E-state index in [9.17, 15) is 14.3 Å². The van der Waals surface area contributed by atoms with Gasteiger partial charge in [0, 0.05) is 16.5 Å². The number of carboxylic acid groups (broad SMARTS) is 1. The van der Waals surface area contributed by atoms with Crippen LogP contribution in [-0.2, 0) is 0 Å². The molecule has 0 aliphatic rings. The van der Waals surface area contributed by atoms with Crippen LogP contribution in [0.15, 0.2) is 42.5 Å². The van der Waals surface area contributed by atoms with Crippen molar-refractivity contribution in [1.29, 1.82) is 0 Å². The summed E-state index contributed by atoms with van der Waals surface area (Å²) in [6.45, 7) is 1.93. The summed E-state index contributed by atoms with van der Waals surface area (Å²) in [5.41, 5.74) is 3.00. The predicted molar refractivity (Wildman–Crippen MR) is 75.4 cm³/mol. The molecule has 0 radical (unpaired) electrons. The molecule has 0 saturated carbocycles. The van der Waals surface area contributed by atoms with E-state index in [4.69, 9.17) is 0 Å². The second-order valence-corrected chi connectivity index (χ2v) is 4.74. The van der Waals surface area contributed by atoms with Gasteiger partial charge in [0.1, 0.15) is 11.5 Å². The van der Waals surface area contributed by atoms with Gasteiger partial charge in [-0.2, -0.15) is 0 Å². The van der Waals surface area contributed by atoms with Crippen LogP contribution in [0, 0.1) is 12.7 Å². The summed E-state index contributed by atoms with van der Waals surface area (Å²) in [5.74, 6) is -1.44. The lowest BCUT2D eigenvalue weighted by Gasteiger charge is -2.03. The van der Waals surface area contributed by atoms with Crippen molar-refractivity contribution in [3.63, 3.8) is 0 Å². The molecule has 0 aliphatic heterocycles. The van der Waals surface area contributed by atoms with E-state index >= 15 is 0 Å². The topological polar surface area (TPSA) is 53.1 Å². The van der Waals surface area contributed by atoms with E-state index in [1.165, 1.54) is 12.1 Å². The Bertz CT molecular complexity index is 820. The van der Waals surface area contributed by atoms with Crippen molar-refractivity contribution in [2.75, 3.05) is 0 Å². The molecular weight excluding hydrogens is 257 g/mol. The maximum absolute atomic E-state index is 13.5. The number of rotatable bonds is 2. The van der Waals surface area contributed by atoms with E-state index in [-0.39, 0.29) is 11.5 Å². The minimum absolute atomic E-state index is 0.0798. The van der Waals surface area contributed by atoms with Crippen LogP contribution in [0.3, 0.4) is 0 Å². The van der Waals surface area contributed by atoms with Gasteiger partial charge >= 0.3 is 5.97 Å². The van der Waals surface area contributed by atoms with E-state index in [1.54, 1.807) is 6.07 Å². The highest BCUT2D eigenvalue weighted by Gasteiger charge is 2.18. The lowest BCUT2D eigenvalue weighted by Crippen LogP contribution is -1.98. The highest BCUT2D eigenvalue weighted by molar-refractivity contribution is 6.07. The van der Waals surface area contributed by atoms with Gasteiger partial charge in [-0.05, 0) is 30.7 Å². The number of benzene rings is 2. The van der Waals surface area contributed by atoms with Gasteiger partial charge in [0.15, 0.2) is 0 Å². The molecule has 1 heterocycles. The number of carbonyl (C=O) groups is 1. The average molecular weight is 269 g/mol. The number of aromatic carboxylic acids is 1. The van der Waals surface area contributed by atoms with Crippen molar-refractivity contribution in [3.05, 3.63) is 59.5 Å². The lowest BCUT2D eigenvalue weighted by atomic mass is 10.00. The van der Waals surface area contributed by atoms with Crippen molar-refractivity contribution >= 4 is 16.9 Å². The minimum Gasteiger partial charge on any atom is -0.477 e. The lowest BCUT2D eigenvalue weighted by molar-refractivity contribution is 0.0692. The highest BCUT2D eigenvalue weighted by Crippen LogP contribution is 2.33. The van der Waals surface area contributed by atoms with Gasteiger partial charge in [-0.15, -0.1) is 0 Å². The molecule has 0 aliphatic carbocycles. The Balaban J connectivity index is 2.39. The molecule has 0 saturated heterocycles. The molecule has 2 N–H and O–H groups in total. The summed E-state index contributed by atoms with van der Waals surface area (Å²) in [7, 11) is 0. The fourth-order valence-corrected chi connectivity index (χ4v) is 2.42. The van der Waals surface area contributed by atoms with E-state index in [1.807, 2.05) is 31.2 Å². The minimum atomic E-state index is -1.06. The van der Waals surface area contributed by atoms with E-state index in [0.29, 0.717) is 16.5 Å². The fraction of sp³-hybridized carbons (Fsp3) is 0.0625. The number of aryl methyl sites for hydroxylation is 1. The fourth-order valence-electron chi connectivity index (χ4n) is 2.42. The van der Waals surface area contributed by atoms with Crippen LogP contribution in [0.2, 0.25) is 0 Å². The molecule has 20 heavy (non-hydrogen) atoms. The largest absolute Gasteiger partial charge is 0.477 e. The molecule has 0 unspecified atom stereocenters. The smallest absolute Gasteiger partial charge is 0.352 e.